The van der Waals surface area contributed by atoms with Crippen LogP contribution in [0.1, 0.15) is 161 Å². The van der Waals surface area contributed by atoms with Crippen LogP contribution in [-0.2, 0) is 30.3 Å². The van der Waals surface area contributed by atoms with Gasteiger partial charge in [-0.3, -0.25) is 24.4 Å². The van der Waals surface area contributed by atoms with Gasteiger partial charge in [0, 0.05) is 183 Å². The van der Waals surface area contributed by atoms with Crippen molar-refractivity contribution in [3.8, 4) is 0 Å². The average Bonchev–Trinajstić information content (AvgIpc) is 0.856. The van der Waals surface area contributed by atoms with Gasteiger partial charge in [-0.1, -0.05) is 267 Å². The first-order valence-corrected chi connectivity index (χ1v) is 51.9. The lowest BCUT2D eigenvalue weighted by Crippen LogP contribution is -2.44. The first-order valence-electron chi connectivity index (χ1n) is 51.9. The predicted octanol–water partition coefficient (Wildman–Crippen LogP) is 20.7. The minimum atomic E-state index is -0.591. The van der Waals surface area contributed by atoms with E-state index in [1.54, 1.807) is 19.1 Å². The maximum atomic E-state index is 13.6. The molecule has 0 saturated carbocycles. The number of aliphatic hydroxyl groups is 2. The second kappa shape index (κ2) is 59.9. The van der Waals surface area contributed by atoms with Crippen molar-refractivity contribution < 1.29 is 62.7 Å². The number of aliphatic hydroxyl groups excluding tert-OH is 2. The smallest absolute Gasteiger partial charge is 0.338 e. The van der Waals surface area contributed by atoms with Gasteiger partial charge in [0.25, 0.3) is 0 Å². The van der Waals surface area contributed by atoms with E-state index in [2.05, 4.69) is 235 Å². The quantitative estimate of drug-likeness (QED) is 0.0154. The van der Waals surface area contributed by atoms with Crippen molar-refractivity contribution in [2.45, 2.75) is 96.7 Å². The number of carbonyl (C=O) groups excluding carboxylic acids is 6. The normalized spacial score (nSPS) is 14.2. The summed E-state index contributed by atoms with van der Waals surface area (Å²) in [6.07, 6.45) is 3.46. The van der Waals surface area contributed by atoms with Crippen LogP contribution in [0.4, 0.5) is 41.9 Å². The molecule has 16 rings (SSSR count). The molecule has 774 valence electrons. The second-order valence-electron chi connectivity index (χ2n) is 37.9. The Bertz CT molecular complexity index is 5790. The molecular weight excluding hydrogens is 1840 g/mol. The van der Waals surface area contributed by atoms with E-state index in [-0.39, 0.29) is 54.4 Å². The molecule has 1 atom stereocenters. The van der Waals surface area contributed by atoms with Gasteiger partial charge in [-0.25, -0.2) is 24.0 Å². The Morgan fingerprint density at radius 2 is 0.571 bits per heavy atom. The molecule has 4 saturated heterocycles. The Kier molecular flexibility index (Phi) is 45.1. The Hall–Kier alpha value is -13.5. The van der Waals surface area contributed by atoms with Gasteiger partial charge < -0.3 is 74.8 Å². The largest absolute Gasteiger partial charge is 0.465 e. The van der Waals surface area contributed by atoms with Gasteiger partial charge in [-0.05, 0) is 187 Å². The van der Waals surface area contributed by atoms with Crippen LogP contribution < -0.4 is 21.3 Å². The molecule has 0 aliphatic carbocycles. The third-order valence-corrected chi connectivity index (χ3v) is 28.0. The lowest BCUT2D eigenvalue weighted by atomic mass is 9.88. The summed E-state index contributed by atoms with van der Waals surface area (Å²) in [6, 6.07) is 105. The number of aldehydes is 1. The molecule has 0 spiro atoms. The van der Waals surface area contributed by atoms with Crippen LogP contribution in [0.2, 0.25) is 0 Å². The Balaban J connectivity index is 0.000000164. The lowest BCUT2D eigenvalue weighted by Gasteiger charge is -2.31. The van der Waals surface area contributed by atoms with Gasteiger partial charge in [-0.15, -0.1) is 0 Å². The van der Waals surface area contributed by atoms with Crippen molar-refractivity contribution in [3.63, 3.8) is 0 Å². The van der Waals surface area contributed by atoms with Crippen molar-refractivity contribution in [1.29, 1.82) is 0 Å². The van der Waals surface area contributed by atoms with Gasteiger partial charge in [0.1, 0.15) is 6.29 Å². The number of carbonyl (C=O) groups is 6. The number of urea groups is 4. The van der Waals surface area contributed by atoms with E-state index < -0.39 is 12.1 Å². The van der Waals surface area contributed by atoms with Crippen molar-refractivity contribution >= 4 is 59.1 Å². The Morgan fingerprint density at radius 1 is 0.327 bits per heavy atom. The van der Waals surface area contributed by atoms with Crippen LogP contribution in [0, 0.1) is 27.7 Å². The molecule has 1 unspecified atom stereocenters. The number of anilines is 4. The minimum absolute atomic E-state index is 0.0495. The number of nitrogens with one attached hydrogen (secondary N) is 4. The molecule has 147 heavy (non-hydrogen) atoms. The zero-order valence-corrected chi connectivity index (χ0v) is 86.3. The molecule has 12 aromatic rings. The Morgan fingerprint density at radius 3 is 0.830 bits per heavy atom. The van der Waals surface area contributed by atoms with Gasteiger partial charge in [0.15, 0.2) is 0 Å². The number of amides is 8. The molecule has 25 heteroatoms. The fourth-order valence-corrected chi connectivity index (χ4v) is 19.1. The number of ether oxygens (including phenoxy) is 5. The maximum absolute atomic E-state index is 13.6. The van der Waals surface area contributed by atoms with E-state index in [0.717, 1.165) is 197 Å². The van der Waals surface area contributed by atoms with E-state index in [4.69, 9.17) is 23.7 Å². The zero-order chi connectivity index (χ0) is 103. The zero-order valence-electron chi connectivity index (χ0n) is 86.3. The van der Waals surface area contributed by atoms with E-state index in [0.29, 0.717) is 86.2 Å². The second-order valence-corrected chi connectivity index (χ2v) is 37.9. The predicted molar refractivity (Wildman–Crippen MR) is 587 cm³/mol. The fourth-order valence-electron chi connectivity index (χ4n) is 19.1. The summed E-state index contributed by atoms with van der Waals surface area (Å²) in [7, 11) is 1.36. The van der Waals surface area contributed by atoms with E-state index >= 15 is 0 Å². The van der Waals surface area contributed by atoms with Crippen LogP contribution in [0.15, 0.2) is 315 Å². The molecule has 4 aliphatic heterocycles. The fraction of sp³-hybridized carbons (Fsp3) is 0.361. The highest BCUT2D eigenvalue weighted by molar-refractivity contribution is 5.95. The van der Waals surface area contributed by atoms with Crippen LogP contribution in [0.5, 0.6) is 0 Å². The Labute approximate surface area is 869 Å². The molecule has 4 aliphatic rings. The van der Waals surface area contributed by atoms with Crippen LogP contribution >= 0.6 is 0 Å². The summed E-state index contributed by atoms with van der Waals surface area (Å²) in [5, 5.41) is 32.0. The monoisotopic (exact) mass is 1990 g/mol. The van der Waals surface area contributed by atoms with Crippen molar-refractivity contribution in [2.24, 2.45) is 0 Å². The number of methoxy groups -OCH3 is 1. The number of nitrogens with zero attached hydrogens (tertiary/aromatic N) is 8. The van der Waals surface area contributed by atoms with E-state index in [1.165, 1.54) is 51.6 Å². The minimum Gasteiger partial charge on any atom is -0.465 e. The van der Waals surface area contributed by atoms with E-state index in [1.807, 2.05) is 156 Å². The first kappa shape index (κ1) is 111. The summed E-state index contributed by atoms with van der Waals surface area (Å²) in [6.45, 7) is 30.4. The summed E-state index contributed by atoms with van der Waals surface area (Å²) < 4.78 is 26.8. The molecule has 25 nitrogen and oxygen atoms in total. The molecule has 4 fully saturated rings. The van der Waals surface area contributed by atoms with Gasteiger partial charge >= 0.3 is 30.1 Å². The molecule has 12 aromatic carbocycles. The molecule has 6 N–H and O–H groups in total. The maximum Gasteiger partial charge on any atom is 0.338 e. The number of esters is 1. The van der Waals surface area contributed by atoms with Crippen molar-refractivity contribution in [2.75, 3.05) is 212 Å². The highest BCUT2D eigenvalue weighted by atomic mass is 16.5. The van der Waals surface area contributed by atoms with Gasteiger partial charge in [-0.2, -0.15) is 0 Å². The first-order chi connectivity index (χ1) is 71.8. The highest BCUT2D eigenvalue weighted by Crippen LogP contribution is 2.35. The molecular formula is C122H148N12O13. The molecule has 8 amide bonds. The van der Waals surface area contributed by atoms with Crippen LogP contribution in [-0.4, -0.2) is 277 Å². The summed E-state index contributed by atoms with van der Waals surface area (Å²) in [5.74, 6) is 0.332. The molecule has 0 radical (unpaired) electrons. The van der Waals surface area contributed by atoms with Crippen molar-refractivity contribution in [1.82, 2.24) is 39.2 Å². The number of benzene rings is 12. The number of rotatable bonds is 40. The number of morpholine rings is 4. The molecule has 4 heterocycles. The lowest BCUT2D eigenvalue weighted by molar-refractivity contribution is 0.0350. The van der Waals surface area contributed by atoms with Crippen LogP contribution in [0.25, 0.3) is 0 Å². The summed E-state index contributed by atoms with van der Waals surface area (Å²) in [5.41, 5.74) is 18.9. The third-order valence-electron chi connectivity index (χ3n) is 28.0. The number of hydrogen-bond acceptors (Lipinski definition) is 17. The van der Waals surface area contributed by atoms with E-state index in [9.17, 15) is 39.0 Å². The summed E-state index contributed by atoms with van der Waals surface area (Å²) in [4.78, 5) is 94.6. The van der Waals surface area contributed by atoms with Gasteiger partial charge in [0.05, 0.1) is 78.2 Å². The third kappa shape index (κ3) is 35.4. The standard InChI is InChI=1S/C31H37N3O4.C31H39N3O3.C30H37N3O3.C30H35N3O3/c1-24-13-14-27(23-29(24)30(35)37-2)32-31(36)34(18-17-33-19-21-38-22-20-33)16-15-28(25-9-5-3-6-10-25)26-11-7-4-8-12-26;1-24-13-14-28(23-30(24)25(2)35)32-31(36)34(18-17-33-19-21-37-22-20-33)16-15-29(26-9-5-3-6-10-26)27-11-7-4-8-12-27;2*1-24-12-13-28(22-27(24)23-34)31-30(35)33(17-16-32-18-20-36-21-19-32)15-14-29(25-8-4-2-5-9-25)26-10-6-3-7-11-26/h3-14,23,28H,15-22H2,1-2H3,(H,32,36);3-14,23,25,29,35H,15-22H2,1-2H3,(H,32,36);2-13,22,29,34H,14-21,23H2,1H3,(H,31,35);2-13,22-23,29H,14-21H2,1H3,(H,31,35). The topological polar surface area (TPSA) is 263 Å². The van der Waals surface area contributed by atoms with Crippen LogP contribution in [0.3, 0.4) is 0 Å². The highest BCUT2D eigenvalue weighted by Gasteiger charge is 2.29. The number of hydrogen-bond donors (Lipinski definition) is 6. The van der Waals surface area contributed by atoms with Gasteiger partial charge in [0.2, 0.25) is 0 Å². The molecule has 0 aromatic heterocycles. The SMILES string of the molecule is COC(=O)c1cc(NC(=O)N(CCC(c2ccccc2)c2ccccc2)CCN2CCOCC2)ccc1C.Cc1ccc(NC(=O)N(CCC(c2ccccc2)c2ccccc2)CCN2CCOCC2)cc1C(C)O.Cc1ccc(NC(=O)N(CCC(c2ccccc2)c2ccccc2)CCN2CCOCC2)cc1C=O.Cc1ccc(NC(=O)N(CCC(c2ccccc2)c2ccccc2)CCN2CCOCC2)cc1CO. The average molecular weight is 1990 g/mol. The number of aryl methyl sites for hydroxylation is 4. The van der Waals surface area contributed by atoms with Crippen molar-refractivity contribution in [3.05, 3.63) is 404 Å². The summed E-state index contributed by atoms with van der Waals surface area (Å²) >= 11 is 0. The molecule has 0 bridgehead atoms.